The van der Waals surface area contributed by atoms with Crippen molar-refractivity contribution in [2.24, 2.45) is 0 Å². The van der Waals surface area contributed by atoms with Crippen molar-refractivity contribution < 1.29 is 9.90 Å². The maximum absolute atomic E-state index is 12.3. The molecule has 1 saturated carbocycles. The van der Waals surface area contributed by atoms with Crippen molar-refractivity contribution in [3.8, 4) is 11.8 Å². The molecule has 1 aromatic rings. The zero-order valence-electron chi connectivity index (χ0n) is 12.6. The predicted molar refractivity (Wildman–Crippen MR) is 83.0 cm³/mol. The van der Waals surface area contributed by atoms with Crippen molar-refractivity contribution in [1.29, 1.82) is 0 Å². The van der Waals surface area contributed by atoms with Crippen molar-refractivity contribution >= 4 is 5.91 Å². The van der Waals surface area contributed by atoms with Crippen LogP contribution >= 0.6 is 0 Å². The molecule has 0 saturated heterocycles. The number of hydrogen-bond donors (Lipinski definition) is 2. The van der Waals surface area contributed by atoms with E-state index in [4.69, 9.17) is 5.11 Å². The molecule has 0 aliphatic heterocycles. The highest BCUT2D eigenvalue weighted by atomic mass is 16.2. The fourth-order valence-corrected chi connectivity index (χ4v) is 2.25. The average molecular weight is 286 g/mol. The highest BCUT2D eigenvalue weighted by Crippen LogP contribution is 2.26. The van der Waals surface area contributed by atoms with Gasteiger partial charge in [-0.15, -0.1) is 0 Å². The van der Waals surface area contributed by atoms with E-state index in [0.717, 1.165) is 0 Å². The normalized spacial score (nSPS) is 15.2. The maximum Gasteiger partial charge on any atom is 0.252 e. The molecule has 112 valence electrons. The largest absolute Gasteiger partial charge is 0.384 e. The summed E-state index contributed by atoms with van der Waals surface area (Å²) >= 11 is 0. The lowest BCUT2D eigenvalue weighted by Gasteiger charge is -2.24. The first kappa shape index (κ1) is 15.6. The summed E-state index contributed by atoms with van der Waals surface area (Å²) in [4.78, 5) is 14.6. The van der Waals surface area contributed by atoms with E-state index >= 15 is 0 Å². The van der Waals surface area contributed by atoms with Crippen LogP contribution in [0.3, 0.4) is 0 Å². The minimum atomic E-state index is -0.209. The van der Waals surface area contributed by atoms with Gasteiger partial charge in [-0.2, -0.15) is 0 Å². The smallest absolute Gasteiger partial charge is 0.252 e. The van der Waals surface area contributed by atoms with E-state index < -0.39 is 0 Å². The summed E-state index contributed by atoms with van der Waals surface area (Å²) in [5.41, 5.74) is 1.20. The van der Waals surface area contributed by atoms with Crippen molar-refractivity contribution in [3.05, 3.63) is 35.4 Å². The van der Waals surface area contributed by atoms with Crippen LogP contribution in [0.1, 0.15) is 35.7 Å². The van der Waals surface area contributed by atoms with Gasteiger partial charge in [-0.3, -0.25) is 9.69 Å². The van der Waals surface area contributed by atoms with Crippen molar-refractivity contribution in [3.63, 3.8) is 0 Å². The number of nitrogens with zero attached hydrogens (tertiary/aromatic N) is 1. The number of carbonyl (C=O) groups is 1. The zero-order chi connectivity index (χ0) is 15.2. The number of amides is 1. The summed E-state index contributed by atoms with van der Waals surface area (Å²) in [6.07, 6.45) is 2.52. The second kappa shape index (κ2) is 7.26. The second-order valence-electron chi connectivity index (χ2n) is 5.46. The SMILES string of the molecule is CC(CNC(=O)c1ccccc1C#CCO)N(C)C1CC1. The molecular weight excluding hydrogens is 264 g/mol. The fraction of sp³-hybridized carbons (Fsp3) is 0.471. The van der Waals surface area contributed by atoms with Crippen LogP contribution in [0, 0.1) is 11.8 Å². The number of aliphatic hydroxyl groups excluding tert-OH is 1. The van der Waals surface area contributed by atoms with Crippen LogP contribution in [0.4, 0.5) is 0 Å². The molecule has 1 aliphatic carbocycles. The zero-order valence-corrected chi connectivity index (χ0v) is 12.6. The number of likely N-dealkylation sites (N-methyl/N-ethyl adjacent to an activating group) is 1. The van der Waals surface area contributed by atoms with Gasteiger partial charge in [0, 0.05) is 24.2 Å². The first-order chi connectivity index (χ1) is 10.1. The first-order valence-electron chi connectivity index (χ1n) is 7.32. The average Bonchev–Trinajstić information content (AvgIpc) is 3.34. The number of hydrogen-bond acceptors (Lipinski definition) is 3. The Hall–Kier alpha value is -1.83. The Morgan fingerprint density at radius 2 is 2.19 bits per heavy atom. The number of carbonyl (C=O) groups excluding carboxylic acids is 1. The molecule has 1 aliphatic rings. The Morgan fingerprint density at radius 3 is 2.86 bits per heavy atom. The standard InChI is InChI=1S/C17H22N2O2/c1-13(19(2)15-9-10-15)12-18-17(21)16-8-4-3-6-14(16)7-5-11-20/h3-4,6,8,13,15,20H,9-12H2,1-2H3,(H,18,21). The fourth-order valence-electron chi connectivity index (χ4n) is 2.25. The summed E-state index contributed by atoms with van der Waals surface area (Å²) in [6, 6.07) is 8.20. The lowest BCUT2D eigenvalue weighted by Crippen LogP contribution is -2.41. The molecule has 1 amide bonds. The van der Waals surface area contributed by atoms with E-state index in [2.05, 4.69) is 36.0 Å². The summed E-state index contributed by atoms with van der Waals surface area (Å²) in [5.74, 6) is 5.28. The molecular formula is C17H22N2O2. The van der Waals surface area contributed by atoms with E-state index in [9.17, 15) is 4.79 Å². The molecule has 0 spiro atoms. The van der Waals surface area contributed by atoms with Crippen LogP contribution in [-0.2, 0) is 0 Å². The number of nitrogens with one attached hydrogen (secondary N) is 1. The van der Waals surface area contributed by atoms with Gasteiger partial charge in [0.05, 0.1) is 5.56 Å². The van der Waals surface area contributed by atoms with Crippen LogP contribution in [0.2, 0.25) is 0 Å². The molecule has 0 heterocycles. The van der Waals surface area contributed by atoms with E-state index in [1.54, 1.807) is 12.1 Å². The number of rotatable bonds is 5. The summed E-state index contributed by atoms with van der Waals surface area (Å²) in [7, 11) is 2.11. The Morgan fingerprint density at radius 1 is 1.48 bits per heavy atom. The minimum Gasteiger partial charge on any atom is -0.384 e. The lowest BCUT2D eigenvalue weighted by molar-refractivity contribution is 0.0939. The van der Waals surface area contributed by atoms with Crippen LogP contribution < -0.4 is 5.32 Å². The van der Waals surface area contributed by atoms with Crippen LogP contribution in [0.25, 0.3) is 0 Å². The Labute approximate surface area is 126 Å². The van der Waals surface area contributed by atoms with Gasteiger partial charge in [0.2, 0.25) is 0 Å². The third kappa shape index (κ3) is 4.32. The maximum atomic E-state index is 12.3. The van der Waals surface area contributed by atoms with Crippen molar-refractivity contribution in [2.75, 3.05) is 20.2 Å². The third-order valence-corrected chi connectivity index (χ3v) is 3.85. The van der Waals surface area contributed by atoms with Gasteiger partial charge in [0.1, 0.15) is 6.61 Å². The Bertz CT molecular complexity index is 555. The number of benzene rings is 1. The van der Waals surface area contributed by atoms with Gasteiger partial charge >= 0.3 is 0 Å². The summed E-state index contributed by atoms with van der Waals surface area (Å²) in [5, 5.41) is 11.7. The summed E-state index contributed by atoms with van der Waals surface area (Å²) < 4.78 is 0. The van der Waals surface area contributed by atoms with Gasteiger partial charge in [-0.25, -0.2) is 0 Å². The lowest BCUT2D eigenvalue weighted by atomic mass is 10.1. The van der Waals surface area contributed by atoms with E-state index in [1.807, 2.05) is 12.1 Å². The van der Waals surface area contributed by atoms with Gasteiger partial charge in [0.15, 0.2) is 0 Å². The molecule has 0 aromatic heterocycles. The molecule has 1 atom stereocenters. The highest BCUT2D eigenvalue weighted by molar-refractivity contribution is 5.96. The molecule has 1 unspecified atom stereocenters. The van der Waals surface area contributed by atoms with E-state index in [0.29, 0.717) is 29.8 Å². The first-order valence-corrected chi connectivity index (χ1v) is 7.32. The van der Waals surface area contributed by atoms with Gasteiger partial charge < -0.3 is 10.4 Å². The molecule has 1 aromatic carbocycles. The Balaban J connectivity index is 1.96. The van der Waals surface area contributed by atoms with E-state index in [-0.39, 0.29) is 12.5 Å². The predicted octanol–water partition coefficient (Wildman–Crippen LogP) is 1.24. The van der Waals surface area contributed by atoms with Crippen LogP contribution in [-0.4, -0.2) is 48.2 Å². The molecule has 21 heavy (non-hydrogen) atoms. The van der Waals surface area contributed by atoms with Gasteiger partial charge in [0.25, 0.3) is 5.91 Å². The van der Waals surface area contributed by atoms with Gasteiger partial charge in [-0.1, -0.05) is 24.0 Å². The van der Waals surface area contributed by atoms with Crippen LogP contribution in [0.15, 0.2) is 24.3 Å². The molecule has 0 radical (unpaired) electrons. The monoisotopic (exact) mass is 286 g/mol. The molecule has 4 nitrogen and oxygen atoms in total. The topological polar surface area (TPSA) is 52.6 Å². The quantitative estimate of drug-likeness (QED) is 0.801. The molecule has 1 fully saturated rings. The Kier molecular flexibility index (Phi) is 5.38. The molecule has 0 bridgehead atoms. The minimum absolute atomic E-state index is 0.117. The molecule has 4 heteroatoms. The van der Waals surface area contributed by atoms with Crippen molar-refractivity contribution in [2.45, 2.75) is 31.8 Å². The molecule has 2 N–H and O–H groups in total. The van der Waals surface area contributed by atoms with Crippen LogP contribution in [0.5, 0.6) is 0 Å². The van der Waals surface area contributed by atoms with E-state index in [1.165, 1.54) is 12.8 Å². The van der Waals surface area contributed by atoms with Crippen molar-refractivity contribution in [1.82, 2.24) is 10.2 Å². The summed E-state index contributed by atoms with van der Waals surface area (Å²) in [6.45, 7) is 2.53. The third-order valence-electron chi connectivity index (χ3n) is 3.85. The highest BCUT2D eigenvalue weighted by Gasteiger charge is 2.29. The second-order valence-corrected chi connectivity index (χ2v) is 5.46. The van der Waals surface area contributed by atoms with Gasteiger partial charge in [-0.05, 0) is 38.9 Å². The number of aliphatic hydroxyl groups is 1. The molecule has 2 rings (SSSR count).